The number of fused-ring (bicyclic) bond motifs is 1. The van der Waals surface area contributed by atoms with Crippen LogP contribution in [0.25, 0.3) is 22.6 Å². The number of carbonyl (C=O) groups is 1. The minimum Gasteiger partial charge on any atom is -0.478 e. The molecule has 0 spiro atoms. The number of hydrogen-bond acceptors (Lipinski definition) is 3. The van der Waals surface area contributed by atoms with Crippen LogP contribution in [0.1, 0.15) is 15.9 Å². The van der Waals surface area contributed by atoms with Crippen LogP contribution in [0.2, 0.25) is 5.02 Å². The molecule has 0 aliphatic heterocycles. The highest BCUT2D eigenvalue weighted by Crippen LogP contribution is 2.27. The molecule has 0 saturated heterocycles. The molecule has 3 rings (SSSR count). The van der Waals surface area contributed by atoms with Gasteiger partial charge in [0.2, 0.25) is 5.89 Å². The number of oxazole rings is 1. The van der Waals surface area contributed by atoms with E-state index >= 15 is 0 Å². The number of hydrogen-bond donors (Lipinski definition) is 1. The van der Waals surface area contributed by atoms with Gasteiger partial charge in [-0.1, -0.05) is 11.6 Å². The monoisotopic (exact) mass is 287 g/mol. The van der Waals surface area contributed by atoms with E-state index in [0.29, 0.717) is 22.0 Å². The second-order valence-corrected chi connectivity index (χ2v) is 4.96. The highest BCUT2D eigenvalue weighted by Gasteiger charge is 2.11. The molecule has 20 heavy (non-hydrogen) atoms. The normalized spacial score (nSPS) is 10.9. The molecule has 1 heterocycles. The van der Waals surface area contributed by atoms with E-state index in [0.717, 1.165) is 11.1 Å². The van der Waals surface area contributed by atoms with E-state index in [2.05, 4.69) is 4.98 Å². The van der Waals surface area contributed by atoms with Gasteiger partial charge in [-0.3, -0.25) is 0 Å². The largest absolute Gasteiger partial charge is 0.478 e. The molecule has 0 amide bonds. The van der Waals surface area contributed by atoms with Crippen molar-refractivity contribution in [2.24, 2.45) is 0 Å². The number of aryl methyl sites for hydroxylation is 1. The fraction of sp³-hybridized carbons (Fsp3) is 0.0667. The van der Waals surface area contributed by atoms with E-state index in [1.807, 2.05) is 19.1 Å². The average Bonchev–Trinajstić information content (AvgIpc) is 2.80. The van der Waals surface area contributed by atoms with Gasteiger partial charge >= 0.3 is 5.97 Å². The number of carboxylic acids is 1. The number of rotatable bonds is 2. The molecule has 2 aromatic carbocycles. The van der Waals surface area contributed by atoms with Gasteiger partial charge in [-0.05, 0) is 48.9 Å². The van der Waals surface area contributed by atoms with E-state index in [-0.39, 0.29) is 5.56 Å². The fourth-order valence-corrected chi connectivity index (χ4v) is 2.33. The summed E-state index contributed by atoms with van der Waals surface area (Å²) in [6.45, 7) is 1.93. The maximum absolute atomic E-state index is 10.9. The molecule has 5 heteroatoms. The predicted octanol–water partition coefficient (Wildman–Crippen LogP) is 4.15. The first-order chi connectivity index (χ1) is 9.52. The molecule has 4 nitrogen and oxygen atoms in total. The van der Waals surface area contributed by atoms with Gasteiger partial charge in [-0.15, -0.1) is 0 Å². The lowest BCUT2D eigenvalue weighted by atomic mass is 10.1. The molecule has 100 valence electrons. The Bertz CT molecular complexity index is 803. The van der Waals surface area contributed by atoms with Crippen LogP contribution in [0.15, 0.2) is 40.8 Å². The molecule has 0 unspecified atom stereocenters. The van der Waals surface area contributed by atoms with Crippen LogP contribution in [0.3, 0.4) is 0 Å². The van der Waals surface area contributed by atoms with Crippen molar-refractivity contribution in [1.82, 2.24) is 4.98 Å². The van der Waals surface area contributed by atoms with Crippen molar-refractivity contribution in [2.75, 3.05) is 0 Å². The quantitative estimate of drug-likeness (QED) is 0.769. The van der Waals surface area contributed by atoms with Crippen LogP contribution < -0.4 is 0 Å². The third kappa shape index (κ3) is 2.26. The summed E-state index contributed by atoms with van der Waals surface area (Å²) < 4.78 is 5.64. The average molecular weight is 288 g/mol. The first-order valence-corrected chi connectivity index (χ1v) is 6.32. The summed E-state index contributed by atoms with van der Waals surface area (Å²) >= 11 is 6.02. The van der Waals surface area contributed by atoms with Crippen LogP contribution >= 0.6 is 11.6 Å². The zero-order valence-corrected chi connectivity index (χ0v) is 11.3. The lowest BCUT2D eigenvalue weighted by Crippen LogP contribution is -1.94. The smallest absolute Gasteiger partial charge is 0.335 e. The summed E-state index contributed by atoms with van der Waals surface area (Å²) in [5.74, 6) is -0.566. The highest BCUT2D eigenvalue weighted by atomic mass is 35.5. The van der Waals surface area contributed by atoms with E-state index in [1.165, 1.54) is 12.1 Å². The Morgan fingerprint density at radius 1 is 1.25 bits per heavy atom. The van der Waals surface area contributed by atoms with Gasteiger partial charge in [0.1, 0.15) is 5.52 Å². The molecule has 0 aliphatic carbocycles. The zero-order chi connectivity index (χ0) is 14.3. The fourth-order valence-electron chi connectivity index (χ4n) is 2.04. The number of halogens is 1. The Balaban J connectivity index is 2.15. The lowest BCUT2D eigenvalue weighted by Gasteiger charge is -1.98. The summed E-state index contributed by atoms with van der Waals surface area (Å²) in [7, 11) is 0. The van der Waals surface area contributed by atoms with Crippen molar-refractivity contribution in [1.29, 1.82) is 0 Å². The van der Waals surface area contributed by atoms with Crippen LogP contribution in [-0.2, 0) is 0 Å². The maximum Gasteiger partial charge on any atom is 0.335 e. The second-order valence-electron chi connectivity index (χ2n) is 4.52. The molecular weight excluding hydrogens is 278 g/mol. The van der Waals surface area contributed by atoms with E-state index in [1.54, 1.807) is 12.1 Å². The Morgan fingerprint density at radius 3 is 2.75 bits per heavy atom. The molecule has 0 atom stereocenters. The van der Waals surface area contributed by atoms with Crippen molar-refractivity contribution < 1.29 is 14.3 Å². The summed E-state index contributed by atoms with van der Waals surface area (Å²) in [6, 6.07) is 10.1. The van der Waals surface area contributed by atoms with E-state index in [9.17, 15) is 4.79 Å². The number of aromatic nitrogens is 1. The predicted molar refractivity (Wildman–Crippen MR) is 76.2 cm³/mol. The molecular formula is C15H10ClNO3. The standard InChI is InChI=1S/C15H10ClNO3/c1-8-4-10(6-11(16)5-8)14-17-12-7-9(15(18)19)2-3-13(12)20-14/h2-7H,1H3,(H,18,19). The topological polar surface area (TPSA) is 63.3 Å². The van der Waals surface area contributed by atoms with E-state index < -0.39 is 5.97 Å². The van der Waals surface area contributed by atoms with Gasteiger partial charge < -0.3 is 9.52 Å². The Labute approximate surface area is 119 Å². The number of benzene rings is 2. The molecule has 1 N–H and O–H groups in total. The third-order valence-electron chi connectivity index (χ3n) is 2.92. The van der Waals surface area contributed by atoms with Crippen molar-refractivity contribution >= 4 is 28.7 Å². The first kappa shape index (κ1) is 12.7. The lowest BCUT2D eigenvalue weighted by molar-refractivity contribution is 0.0697. The Morgan fingerprint density at radius 2 is 2.05 bits per heavy atom. The van der Waals surface area contributed by atoms with Gasteiger partial charge in [0, 0.05) is 10.6 Å². The number of nitrogens with zero attached hydrogens (tertiary/aromatic N) is 1. The van der Waals surface area contributed by atoms with Crippen LogP contribution in [-0.4, -0.2) is 16.1 Å². The molecule has 0 bridgehead atoms. The molecule has 0 radical (unpaired) electrons. The van der Waals surface area contributed by atoms with Crippen LogP contribution in [0.5, 0.6) is 0 Å². The highest BCUT2D eigenvalue weighted by molar-refractivity contribution is 6.30. The van der Waals surface area contributed by atoms with E-state index in [4.69, 9.17) is 21.1 Å². The number of aromatic carboxylic acids is 1. The van der Waals surface area contributed by atoms with Crippen molar-refractivity contribution in [3.8, 4) is 11.5 Å². The summed E-state index contributed by atoms with van der Waals surface area (Å²) in [5, 5.41) is 9.57. The van der Waals surface area contributed by atoms with Gasteiger partial charge in [0.05, 0.1) is 5.56 Å². The summed E-state index contributed by atoms with van der Waals surface area (Å²) in [4.78, 5) is 15.3. The number of carboxylic acid groups (broad SMARTS) is 1. The Hall–Kier alpha value is -2.33. The minimum absolute atomic E-state index is 0.180. The molecule has 0 aliphatic rings. The van der Waals surface area contributed by atoms with Gasteiger partial charge in [-0.2, -0.15) is 0 Å². The zero-order valence-electron chi connectivity index (χ0n) is 10.6. The molecule has 1 aromatic heterocycles. The van der Waals surface area contributed by atoms with Crippen LogP contribution in [0.4, 0.5) is 0 Å². The Kier molecular flexibility index (Phi) is 2.95. The van der Waals surface area contributed by atoms with Crippen molar-refractivity contribution in [3.63, 3.8) is 0 Å². The SMILES string of the molecule is Cc1cc(Cl)cc(-c2nc3cc(C(=O)O)ccc3o2)c1. The summed E-state index contributed by atoms with van der Waals surface area (Å²) in [6.07, 6.45) is 0. The van der Waals surface area contributed by atoms with Crippen molar-refractivity contribution in [2.45, 2.75) is 6.92 Å². The maximum atomic E-state index is 10.9. The molecule has 0 saturated carbocycles. The van der Waals surface area contributed by atoms with Crippen molar-refractivity contribution in [3.05, 3.63) is 52.5 Å². The van der Waals surface area contributed by atoms with Gasteiger partial charge in [0.15, 0.2) is 5.58 Å². The minimum atomic E-state index is -0.991. The van der Waals surface area contributed by atoms with Gasteiger partial charge in [0.25, 0.3) is 0 Å². The van der Waals surface area contributed by atoms with Crippen LogP contribution in [0, 0.1) is 6.92 Å². The third-order valence-corrected chi connectivity index (χ3v) is 3.14. The van der Waals surface area contributed by atoms with Gasteiger partial charge in [-0.25, -0.2) is 9.78 Å². The molecule has 3 aromatic rings. The molecule has 0 fully saturated rings. The first-order valence-electron chi connectivity index (χ1n) is 5.94. The summed E-state index contributed by atoms with van der Waals surface area (Å²) in [5.41, 5.74) is 3.00. The second kappa shape index (κ2) is 4.65.